The first-order valence-corrected chi connectivity index (χ1v) is 9.48. The molecule has 0 saturated heterocycles. The highest BCUT2D eigenvalue weighted by molar-refractivity contribution is 5.46. The van der Waals surface area contributed by atoms with Crippen LogP contribution in [-0.4, -0.2) is 19.6 Å². The number of nitriles is 1. The van der Waals surface area contributed by atoms with Gasteiger partial charge in [-0.1, -0.05) is 6.07 Å². The Labute approximate surface area is 176 Å². The number of aromatic nitrogens is 3. The SMILES string of the molecule is Cc1cc(C#N)cc(C2(O)OC(C)(C)c3c2n(Cc2ccnc(F)c2)c(=O)[nH]c3=O)c1. The molecule has 0 radical (unpaired) electrons. The van der Waals surface area contributed by atoms with Crippen molar-refractivity contribution >= 4 is 0 Å². The van der Waals surface area contributed by atoms with E-state index in [9.17, 15) is 24.3 Å². The van der Waals surface area contributed by atoms with Gasteiger partial charge in [-0.2, -0.15) is 9.65 Å². The van der Waals surface area contributed by atoms with Crippen molar-refractivity contribution in [3.63, 3.8) is 0 Å². The van der Waals surface area contributed by atoms with Crippen LogP contribution in [0.5, 0.6) is 0 Å². The number of halogens is 1. The summed E-state index contributed by atoms with van der Waals surface area (Å²) < 4.78 is 20.7. The van der Waals surface area contributed by atoms with Crippen LogP contribution in [0.1, 0.15) is 47.4 Å². The Kier molecular flexibility index (Phi) is 4.65. The number of nitrogens with one attached hydrogen (secondary N) is 1. The molecular formula is C22H19FN4O4. The maximum Gasteiger partial charge on any atom is 0.329 e. The molecule has 4 rings (SSSR count). The quantitative estimate of drug-likeness (QED) is 0.621. The lowest BCUT2D eigenvalue weighted by molar-refractivity contribution is -0.225. The van der Waals surface area contributed by atoms with Crippen molar-refractivity contribution in [3.05, 3.63) is 96.8 Å². The van der Waals surface area contributed by atoms with Crippen LogP contribution < -0.4 is 11.2 Å². The Bertz CT molecular complexity index is 1370. The van der Waals surface area contributed by atoms with Gasteiger partial charge >= 0.3 is 5.69 Å². The minimum atomic E-state index is -2.19. The van der Waals surface area contributed by atoms with Gasteiger partial charge in [0.2, 0.25) is 11.7 Å². The first kappa shape index (κ1) is 20.7. The molecule has 0 amide bonds. The molecular weight excluding hydrogens is 403 g/mol. The number of hydrogen-bond acceptors (Lipinski definition) is 6. The van der Waals surface area contributed by atoms with Crippen molar-refractivity contribution in [1.29, 1.82) is 5.26 Å². The Morgan fingerprint density at radius 3 is 2.71 bits per heavy atom. The number of H-pyrrole nitrogens is 1. The first-order chi connectivity index (χ1) is 14.5. The minimum Gasteiger partial charge on any atom is -0.357 e. The van der Waals surface area contributed by atoms with Gasteiger partial charge in [-0.05, 0) is 56.2 Å². The zero-order chi connectivity index (χ0) is 22.6. The molecule has 0 spiro atoms. The number of hydrogen-bond donors (Lipinski definition) is 2. The molecule has 31 heavy (non-hydrogen) atoms. The number of benzene rings is 1. The summed E-state index contributed by atoms with van der Waals surface area (Å²) in [4.78, 5) is 31.3. The van der Waals surface area contributed by atoms with Crippen molar-refractivity contribution in [2.75, 3.05) is 0 Å². The van der Waals surface area contributed by atoms with Gasteiger partial charge in [-0.15, -0.1) is 0 Å². The highest BCUT2D eigenvalue weighted by Gasteiger charge is 2.53. The fourth-order valence-corrected chi connectivity index (χ4v) is 4.06. The van der Waals surface area contributed by atoms with Crippen LogP contribution in [0.4, 0.5) is 4.39 Å². The molecule has 1 atom stereocenters. The molecule has 0 fully saturated rings. The van der Waals surface area contributed by atoms with E-state index in [-0.39, 0.29) is 28.9 Å². The Morgan fingerprint density at radius 2 is 2.03 bits per heavy atom. The van der Waals surface area contributed by atoms with Gasteiger partial charge in [-0.3, -0.25) is 14.3 Å². The molecule has 0 saturated carbocycles. The second-order valence-corrected chi connectivity index (χ2v) is 8.01. The molecule has 2 N–H and O–H groups in total. The fourth-order valence-electron chi connectivity index (χ4n) is 4.06. The molecule has 8 nitrogen and oxygen atoms in total. The first-order valence-electron chi connectivity index (χ1n) is 9.48. The van der Waals surface area contributed by atoms with Crippen LogP contribution in [0.2, 0.25) is 0 Å². The maximum absolute atomic E-state index is 13.6. The van der Waals surface area contributed by atoms with E-state index in [1.807, 2.05) is 6.07 Å². The highest BCUT2D eigenvalue weighted by Crippen LogP contribution is 2.47. The van der Waals surface area contributed by atoms with Gasteiger partial charge in [0.25, 0.3) is 5.56 Å². The predicted molar refractivity (Wildman–Crippen MR) is 108 cm³/mol. The maximum atomic E-state index is 13.6. The molecule has 1 aliphatic rings. The average molecular weight is 422 g/mol. The molecule has 158 valence electrons. The summed E-state index contributed by atoms with van der Waals surface area (Å²) in [6, 6.07) is 9.41. The zero-order valence-corrected chi connectivity index (χ0v) is 17.1. The lowest BCUT2D eigenvalue weighted by atomic mass is 9.94. The van der Waals surface area contributed by atoms with Crippen molar-refractivity contribution in [2.45, 2.75) is 38.7 Å². The van der Waals surface area contributed by atoms with E-state index in [0.717, 1.165) is 10.6 Å². The van der Waals surface area contributed by atoms with Crippen molar-refractivity contribution in [3.8, 4) is 6.07 Å². The van der Waals surface area contributed by atoms with Crippen LogP contribution in [0.15, 0.2) is 46.1 Å². The number of pyridine rings is 1. The van der Waals surface area contributed by atoms with E-state index in [1.165, 1.54) is 18.3 Å². The number of aryl methyl sites for hydroxylation is 1. The van der Waals surface area contributed by atoms with Gasteiger partial charge in [0, 0.05) is 11.8 Å². The van der Waals surface area contributed by atoms with E-state index >= 15 is 0 Å². The second kappa shape index (κ2) is 6.97. The summed E-state index contributed by atoms with van der Waals surface area (Å²) in [6.07, 6.45) is 1.26. The normalized spacial score (nSPS) is 19.1. The van der Waals surface area contributed by atoms with E-state index < -0.39 is 28.6 Å². The average Bonchev–Trinajstić information content (AvgIpc) is 2.91. The summed E-state index contributed by atoms with van der Waals surface area (Å²) in [7, 11) is 0. The number of ether oxygens (including phenoxy) is 1. The van der Waals surface area contributed by atoms with Crippen molar-refractivity contribution in [1.82, 2.24) is 14.5 Å². The van der Waals surface area contributed by atoms with Crippen LogP contribution in [-0.2, 0) is 22.7 Å². The summed E-state index contributed by atoms with van der Waals surface area (Å²) in [5.41, 5.74) is -1.14. The predicted octanol–water partition coefficient (Wildman–Crippen LogP) is 1.76. The van der Waals surface area contributed by atoms with Crippen LogP contribution >= 0.6 is 0 Å². The van der Waals surface area contributed by atoms with E-state index in [4.69, 9.17) is 4.74 Å². The standard InChI is InChI=1S/C22H19FN4O4/c1-12-6-14(10-24)8-15(7-12)22(30)18-17(21(2,3)31-22)19(28)26-20(29)27(18)11-13-4-5-25-16(23)9-13/h4-9,30H,11H2,1-3H3,(H,26,28,29). The Balaban J connectivity index is 2.04. The molecule has 0 aliphatic carbocycles. The number of aromatic amines is 1. The summed E-state index contributed by atoms with van der Waals surface area (Å²) in [5, 5.41) is 21.1. The third-order valence-corrected chi connectivity index (χ3v) is 5.25. The lowest BCUT2D eigenvalue weighted by Crippen LogP contribution is -2.40. The van der Waals surface area contributed by atoms with Crippen LogP contribution in [0.3, 0.4) is 0 Å². The summed E-state index contributed by atoms with van der Waals surface area (Å²) >= 11 is 0. The Morgan fingerprint density at radius 1 is 1.29 bits per heavy atom. The van der Waals surface area contributed by atoms with Gasteiger partial charge in [0.15, 0.2) is 0 Å². The molecule has 1 aliphatic heterocycles. The molecule has 1 unspecified atom stereocenters. The molecule has 3 aromatic rings. The number of fused-ring (bicyclic) bond motifs is 1. The molecule has 1 aromatic carbocycles. The topological polar surface area (TPSA) is 121 Å². The summed E-state index contributed by atoms with van der Waals surface area (Å²) in [6.45, 7) is 4.80. The number of aliphatic hydroxyl groups is 1. The van der Waals surface area contributed by atoms with E-state index in [1.54, 1.807) is 32.9 Å². The van der Waals surface area contributed by atoms with Crippen LogP contribution in [0.25, 0.3) is 0 Å². The molecule has 9 heteroatoms. The van der Waals surface area contributed by atoms with Gasteiger partial charge in [0.05, 0.1) is 35.0 Å². The molecule has 2 aromatic heterocycles. The molecule has 3 heterocycles. The van der Waals surface area contributed by atoms with Gasteiger partial charge in [0.1, 0.15) is 0 Å². The van der Waals surface area contributed by atoms with E-state index in [2.05, 4.69) is 9.97 Å². The third kappa shape index (κ3) is 3.36. The third-order valence-electron chi connectivity index (χ3n) is 5.25. The lowest BCUT2D eigenvalue weighted by Gasteiger charge is -2.28. The number of rotatable bonds is 3. The second-order valence-electron chi connectivity index (χ2n) is 8.01. The van der Waals surface area contributed by atoms with Crippen molar-refractivity contribution < 1.29 is 14.2 Å². The van der Waals surface area contributed by atoms with Crippen molar-refractivity contribution in [2.24, 2.45) is 0 Å². The largest absolute Gasteiger partial charge is 0.357 e. The van der Waals surface area contributed by atoms with Gasteiger partial charge in [-0.25, -0.2) is 9.78 Å². The highest BCUT2D eigenvalue weighted by atomic mass is 19.1. The smallest absolute Gasteiger partial charge is 0.329 e. The molecule has 0 bridgehead atoms. The summed E-state index contributed by atoms with van der Waals surface area (Å²) in [5.74, 6) is -2.91. The zero-order valence-electron chi connectivity index (χ0n) is 17.1. The number of nitrogens with zero attached hydrogens (tertiary/aromatic N) is 3. The van der Waals surface area contributed by atoms with Gasteiger partial charge < -0.3 is 9.84 Å². The monoisotopic (exact) mass is 422 g/mol. The van der Waals surface area contributed by atoms with Crippen LogP contribution in [0, 0.1) is 24.2 Å². The van der Waals surface area contributed by atoms with E-state index in [0.29, 0.717) is 11.1 Å². The minimum absolute atomic E-state index is 0.0574. The Hall–Kier alpha value is -3.61. The fraction of sp³-hybridized carbons (Fsp3) is 0.273.